The number of hydrogen-bond donors (Lipinski definition) is 3. The van der Waals surface area contributed by atoms with Crippen molar-refractivity contribution in [2.24, 2.45) is 34.5 Å². The van der Waals surface area contributed by atoms with Gasteiger partial charge in [-0.1, -0.05) is 44.7 Å². The Hall–Kier alpha value is -1.69. The third-order valence-corrected chi connectivity index (χ3v) is 11.1. The Morgan fingerprint density at radius 2 is 1.92 bits per heavy atom. The van der Waals surface area contributed by atoms with Crippen LogP contribution in [0, 0.1) is 34.5 Å². The normalized spacial score (nSPS) is 41.9. The summed E-state index contributed by atoms with van der Waals surface area (Å²) in [7, 11) is 0. The third-order valence-electron chi connectivity index (χ3n) is 11.1. The molecule has 0 aromatic carbocycles. The molecule has 1 spiro atoms. The Morgan fingerprint density at radius 3 is 2.62 bits per heavy atom. The summed E-state index contributed by atoms with van der Waals surface area (Å²) in [5, 5.41) is 30.6. The summed E-state index contributed by atoms with van der Waals surface area (Å²) in [6, 6.07) is 0. The van der Waals surface area contributed by atoms with Gasteiger partial charge in [0, 0.05) is 23.5 Å². The lowest BCUT2D eigenvalue weighted by atomic mass is 9.60. The molecule has 204 valence electrons. The van der Waals surface area contributed by atoms with Crippen molar-refractivity contribution in [2.75, 3.05) is 6.61 Å². The highest BCUT2D eigenvalue weighted by atomic mass is 16.6. The van der Waals surface area contributed by atoms with Gasteiger partial charge in [0.05, 0.1) is 12.2 Å². The van der Waals surface area contributed by atoms with E-state index < -0.39 is 12.2 Å². The molecule has 4 saturated carbocycles. The van der Waals surface area contributed by atoms with Crippen LogP contribution in [-0.4, -0.2) is 46.2 Å². The molecular weight excluding hydrogens is 464 g/mol. The highest BCUT2D eigenvalue weighted by molar-refractivity contribution is 5.93. The highest BCUT2D eigenvalue weighted by Gasteiger charge is 2.61. The van der Waals surface area contributed by atoms with Crippen LogP contribution in [0.15, 0.2) is 47.6 Å². The van der Waals surface area contributed by atoms with Gasteiger partial charge in [-0.15, -0.1) is 0 Å². The number of rotatable bonds is 7. The van der Waals surface area contributed by atoms with Crippen LogP contribution >= 0.6 is 0 Å². The number of allylic oxidation sites excluding steroid dienone is 3. The van der Waals surface area contributed by atoms with Crippen LogP contribution in [0.4, 0.5) is 0 Å². The van der Waals surface area contributed by atoms with E-state index in [1.165, 1.54) is 31.3 Å². The number of ether oxygens (including phenoxy) is 1. The van der Waals surface area contributed by atoms with Crippen molar-refractivity contribution in [1.29, 1.82) is 0 Å². The standard InChI is InChI=1S/C32H46O5/c1-19(17-28-32(14-15-32)21(3)30(36)37-28)25-11-12-26-22(7-5-13-31(25,26)4)9-10-23-18-27(34)24(8-6-16-33)29(35)20(23)2/h9-10,19,24-29,33-35H,2-3,5-8,11-18H2,1,4H3/b22-9+,23-10-/t19-,24+,25-,26+,27-,28+,29-,31-/m1/s1. The minimum absolute atomic E-state index is 0.00450. The SMILES string of the molecule is C=C1/C(=C\C=C2/CCC[C@]3(C)[C@@H]([C@H](C)C[C@@H]4OC(=O)C(=C)C45CC5)CC[C@@H]23)C[C@@H](O)[C@H](CCCO)[C@@H]1O. The summed E-state index contributed by atoms with van der Waals surface area (Å²) in [5.41, 5.74) is 4.04. The number of carbonyl (C=O) groups excluding carboxylic acids is 1. The quantitative estimate of drug-likeness (QED) is 0.315. The lowest BCUT2D eigenvalue weighted by Crippen LogP contribution is -2.38. The largest absolute Gasteiger partial charge is 0.458 e. The van der Waals surface area contributed by atoms with Gasteiger partial charge in [-0.2, -0.15) is 0 Å². The number of aliphatic hydroxyl groups is 3. The summed E-state index contributed by atoms with van der Waals surface area (Å²) < 4.78 is 5.81. The van der Waals surface area contributed by atoms with Crippen molar-refractivity contribution in [3.63, 3.8) is 0 Å². The van der Waals surface area contributed by atoms with Crippen LogP contribution in [0.1, 0.15) is 84.5 Å². The third kappa shape index (κ3) is 4.59. The zero-order valence-corrected chi connectivity index (χ0v) is 22.8. The zero-order chi connectivity index (χ0) is 26.5. The van der Waals surface area contributed by atoms with Gasteiger partial charge in [0.15, 0.2) is 0 Å². The van der Waals surface area contributed by atoms with E-state index in [9.17, 15) is 15.0 Å². The van der Waals surface area contributed by atoms with Gasteiger partial charge < -0.3 is 20.1 Å². The Kier molecular flexibility index (Phi) is 7.36. The molecule has 0 amide bonds. The van der Waals surface area contributed by atoms with Crippen LogP contribution in [-0.2, 0) is 9.53 Å². The van der Waals surface area contributed by atoms with E-state index in [1.54, 1.807) is 0 Å². The van der Waals surface area contributed by atoms with Gasteiger partial charge in [0.25, 0.3) is 0 Å². The van der Waals surface area contributed by atoms with Gasteiger partial charge in [-0.25, -0.2) is 4.79 Å². The van der Waals surface area contributed by atoms with Crippen LogP contribution in [0.3, 0.4) is 0 Å². The summed E-state index contributed by atoms with van der Waals surface area (Å²) in [4.78, 5) is 12.2. The number of fused-ring (bicyclic) bond motifs is 1. The Bertz CT molecular complexity index is 1000. The van der Waals surface area contributed by atoms with Crippen LogP contribution in [0.2, 0.25) is 0 Å². The molecule has 1 aliphatic heterocycles. The first-order valence-electron chi connectivity index (χ1n) is 14.6. The van der Waals surface area contributed by atoms with E-state index in [1.807, 2.05) is 0 Å². The number of cyclic esters (lactones) is 1. The van der Waals surface area contributed by atoms with Gasteiger partial charge in [0.2, 0.25) is 0 Å². The molecule has 8 atom stereocenters. The average molecular weight is 511 g/mol. The second-order valence-electron chi connectivity index (χ2n) is 13.0. The van der Waals surface area contributed by atoms with Gasteiger partial charge in [0.1, 0.15) is 6.10 Å². The molecule has 0 radical (unpaired) electrons. The number of esters is 1. The van der Waals surface area contributed by atoms with Crippen LogP contribution < -0.4 is 0 Å². The van der Waals surface area contributed by atoms with Crippen molar-refractivity contribution in [2.45, 2.75) is 103 Å². The fraction of sp³-hybridized carbons (Fsp3) is 0.719. The van der Waals surface area contributed by atoms with E-state index in [2.05, 4.69) is 39.2 Å². The van der Waals surface area contributed by atoms with E-state index >= 15 is 0 Å². The first-order chi connectivity index (χ1) is 17.6. The molecule has 0 aromatic heterocycles. The fourth-order valence-corrected chi connectivity index (χ4v) is 8.69. The zero-order valence-electron chi connectivity index (χ0n) is 22.8. The van der Waals surface area contributed by atoms with Crippen LogP contribution in [0.5, 0.6) is 0 Å². The number of aliphatic hydroxyl groups excluding tert-OH is 3. The van der Waals surface area contributed by atoms with E-state index in [4.69, 9.17) is 9.84 Å². The number of hydrogen-bond acceptors (Lipinski definition) is 5. The Morgan fingerprint density at radius 1 is 1.16 bits per heavy atom. The Balaban J connectivity index is 1.28. The first-order valence-corrected chi connectivity index (χ1v) is 14.6. The van der Waals surface area contributed by atoms with Crippen molar-refractivity contribution in [3.8, 4) is 0 Å². The summed E-state index contributed by atoms with van der Waals surface area (Å²) in [5.74, 6) is 1.21. The highest BCUT2D eigenvalue weighted by Crippen LogP contribution is 2.63. The van der Waals surface area contributed by atoms with Crippen molar-refractivity contribution in [3.05, 3.63) is 47.6 Å². The maximum atomic E-state index is 12.2. The second-order valence-corrected chi connectivity index (χ2v) is 13.0. The average Bonchev–Trinajstić information content (AvgIpc) is 3.54. The fourth-order valence-electron chi connectivity index (χ4n) is 8.69. The van der Waals surface area contributed by atoms with Crippen molar-refractivity contribution < 1.29 is 24.9 Å². The summed E-state index contributed by atoms with van der Waals surface area (Å²) >= 11 is 0. The van der Waals surface area contributed by atoms with E-state index in [0.29, 0.717) is 48.2 Å². The van der Waals surface area contributed by atoms with Crippen molar-refractivity contribution in [1.82, 2.24) is 0 Å². The monoisotopic (exact) mass is 510 g/mol. The predicted molar refractivity (Wildman–Crippen MR) is 144 cm³/mol. The van der Waals surface area contributed by atoms with Crippen LogP contribution in [0.25, 0.3) is 0 Å². The van der Waals surface area contributed by atoms with E-state index in [-0.39, 0.29) is 35.4 Å². The lowest BCUT2D eigenvalue weighted by molar-refractivity contribution is -0.140. The molecular formula is C32H46O5. The minimum Gasteiger partial charge on any atom is -0.458 e. The Labute approximate surface area is 222 Å². The van der Waals surface area contributed by atoms with Crippen molar-refractivity contribution >= 4 is 5.97 Å². The molecule has 1 heterocycles. The lowest BCUT2D eigenvalue weighted by Gasteiger charge is -2.45. The molecule has 3 N–H and O–H groups in total. The van der Waals surface area contributed by atoms with Gasteiger partial charge >= 0.3 is 5.97 Å². The molecule has 5 rings (SSSR count). The molecule has 0 aromatic rings. The topological polar surface area (TPSA) is 87.0 Å². The molecule has 4 aliphatic carbocycles. The molecule has 0 unspecified atom stereocenters. The molecule has 1 saturated heterocycles. The smallest absolute Gasteiger partial charge is 0.334 e. The molecule has 37 heavy (non-hydrogen) atoms. The van der Waals surface area contributed by atoms with Gasteiger partial charge in [-0.05, 0) is 105 Å². The van der Waals surface area contributed by atoms with Gasteiger partial charge in [-0.3, -0.25) is 0 Å². The molecule has 5 aliphatic rings. The maximum absolute atomic E-state index is 12.2. The first kappa shape index (κ1) is 26.9. The summed E-state index contributed by atoms with van der Waals surface area (Å²) in [6.45, 7) is 13.1. The molecule has 0 bridgehead atoms. The minimum atomic E-state index is -0.760. The summed E-state index contributed by atoms with van der Waals surface area (Å²) in [6.07, 6.45) is 13.6. The predicted octanol–water partition coefficient (Wildman–Crippen LogP) is 5.41. The number of carbonyl (C=O) groups is 1. The van der Waals surface area contributed by atoms with E-state index in [0.717, 1.165) is 31.3 Å². The molecule has 5 nitrogen and oxygen atoms in total. The molecule has 5 fully saturated rings. The maximum Gasteiger partial charge on any atom is 0.334 e. The second kappa shape index (κ2) is 10.1. The molecule has 5 heteroatoms.